The van der Waals surface area contributed by atoms with Crippen LogP contribution in [0.5, 0.6) is 0 Å². The second-order valence-corrected chi connectivity index (χ2v) is 7.61. The average Bonchev–Trinajstić information content (AvgIpc) is 3.30. The fourth-order valence-electron chi connectivity index (χ4n) is 3.45. The number of carbonyl (C=O) groups excluding carboxylic acids is 3. The molecular weight excluding hydrogens is 422 g/mol. The molecule has 0 spiro atoms. The molecule has 9 nitrogen and oxygen atoms in total. The van der Waals surface area contributed by atoms with E-state index in [-0.39, 0.29) is 37.7 Å². The zero-order valence-corrected chi connectivity index (χ0v) is 17.7. The number of nitrogens with one attached hydrogen (secondary N) is 3. The molecule has 1 saturated heterocycles. The Morgan fingerprint density at radius 1 is 1.12 bits per heavy atom. The molecule has 0 bridgehead atoms. The van der Waals surface area contributed by atoms with Crippen LogP contribution < -0.4 is 27.4 Å². The van der Waals surface area contributed by atoms with Gasteiger partial charge >= 0.3 is 0 Å². The van der Waals surface area contributed by atoms with Gasteiger partial charge in [-0.3, -0.25) is 19.4 Å². The molecule has 1 heterocycles. The molecule has 0 radical (unpaired) electrons. The largest absolute Gasteiger partial charge is 0.370 e. The first-order valence-electron chi connectivity index (χ1n) is 10.5. The summed E-state index contributed by atoms with van der Waals surface area (Å²) in [6.07, 6.45) is -1.47. The van der Waals surface area contributed by atoms with Gasteiger partial charge in [0.1, 0.15) is 6.04 Å². The number of guanidine groups is 1. The van der Waals surface area contributed by atoms with Crippen molar-refractivity contribution in [3.63, 3.8) is 0 Å². The van der Waals surface area contributed by atoms with Crippen LogP contribution >= 0.6 is 0 Å². The molecule has 0 aliphatic carbocycles. The summed E-state index contributed by atoms with van der Waals surface area (Å²) >= 11 is 0. The molecule has 2 amide bonds. The molecule has 176 valence electrons. The van der Waals surface area contributed by atoms with E-state index in [2.05, 4.69) is 20.9 Å². The number of halogens is 2. The molecule has 1 aliphatic rings. The van der Waals surface area contributed by atoms with E-state index in [0.717, 1.165) is 12.0 Å². The summed E-state index contributed by atoms with van der Waals surface area (Å²) in [7, 11) is 0. The van der Waals surface area contributed by atoms with Crippen molar-refractivity contribution in [1.29, 1.82) is 0 Å². The van der Waals surface area contributed by atoms with Gasteiger partial charge in [-0.05, 0) is 37.8 Å². The van der Waals surface area contributed by atoms with Crippen LogP contribution in [0.2, 0.25) is 0 Å². The van der Waals surface area contributed by atoms with Crippen molar-refractivity contribution in [2.45, 2.75) is 56.7 Å². The van der Waals surface area contributed by atoms with E-state index >= 15 is 0 Å². The van der Waals surface area contributed by atoms with Crippen LogP contribution in [-0.4, -0.2) is 61.2 Å². The quantitative estimate of drug-likeness (QED) is 0.169. The fraction of sp³-hybridized carbons (Fsp3) is 0.524. The number of alkyl halides is 2. The molecule has 1 fully saturated rings. The predicted molar refractivity (Wildman–Crippen MR) is 116 cm³/mol. The van der Waals surface area contributed by atoms with Crippen molar-refractivity contribution >= 4 is 23.6 Å². The first-order valence-corrected chi connectivity index (χ1v) is 10.5. The van der Waals surface area contributed by atoms with Crippen LogP contribution in [0.25, 0.3) is 0 Å². The van der Waals surface area contributed by atoms with Crippen LogP contribution in [0.4, 0.5) is 8.78 Å². The lowest BCUT2D eigenvalue weighted by Crippen LogP contribution is -2.55. The summed E-state index contributed by atoms with van der Waals surface area (Å²) in [5, 5.41) is 8.14. The molecule has 11 heteroatoms. The maximum Gasteiger partial charge on any atom is 0.298 e. The summed E-state index contributed by atoms with van der Waals surface area (Å²) in [6.45, 7) is 0.831. The smallest absolute Gasteiger partial charge is 0.298 e. The number of benzene rings is 1. The van der Waals surface area contributed by atoms with Crippen molar-refractivity contribution in [3.05, 3.63) is 35.9 Å². The SMILES string of the molecule is NC(N)=NCCC[C@H](NC(=O)[C@H](Cc1ccccc1)NC(=O)[C@H]1CCCN1)C(=O)C(F)F. The number of aliphatic imine (C=N–C) groups is 1. The van der Waals surface area contributed by atoms with Crippen molar-refractivity contribution in [1.82, 2.24) is 16.0 Å². The molecule has 0 aromatic heterocycles. The molecule has 32 heavy (non-hydrogen) atoms. The number of amides is 2. The van der Waals surface area contributed by atoms with Gasteiger partial charge in [-0.25, -0.2) is 8.78 Å². The Hall–Kier alpha value is -3.08. The van der Waals surface area contributed by atoms with Crippen molar-refractivity contribution < 1.29 is 23.2 Å². The van der Waals surface area contributed by atoms with Crippen molar-refractivity contribution in [3.8, 4) is 0 Å². The zero-order chi connectivity index (χ0) is 23.5. The Bertz CT molecular complexity index is 796. The van der Waals surface area contributed by atoms with Gasteiger partial charge in [0.25, 0.3) is 6.43 Å². The first-order chi connectivity index (χ1) is 15.3. The third kappa shape index (κ3) is 8.22. The van der Waals surface area contributed by atoms with Gasteiger partial charge in [0, 0.05) is 13.0 Å². The van der Waals surface area contributed by atoms with Crippen LogP contribution in [0.3, 0.4) is 0 Å². The number of hydrogen-bond donors (Lipinski definition) is 5. The van der Waals surface area contributed by atoms with Crippen molar-refractivity contribution in [2.75, 3.05) is 13.1 Å². The fourth-order valence-corrected chi connectivity index (χ4v) is 3.45. The zero-order valence-electron chi connectivity index (χ0n) is 17.7. The number of hydrogen-bond acceptors (Lipinski definition) is 5. The maximum absolute atomic E-state index is 13.1. The van der Waals surface area contributed by atoms with Crippen LogP contribution in [0.1, 0.15) is 31.2 Å². The van der Waals surface area contributed by atoms with Gasteiger partial charge in [-0.1, -0.05) is 30.3 Å². The predicted octanol–water partition coefficient (Wildman–Crippen LogP) is -0.161. The van der Waals surface area contributed by atoms with Crippen LogP contribution in [0, 0.1) is 0 Å². The van der Waals surface area contributed by atoms with E-state index in [9.17, 15) is 23.2 Å². The lowest BCUT2D eigenvalue weighted by molar-refractivity contribution is -0.136. The van der Waals surface area contributed by atoms with Gasteiger partial charge in [0.2, 0.25) is 17.6 Å². The molecule has 3 atom stereocenters. The summed E-state index contributed by atoms with van der Waals surface area (Å²) in [6, 6.07) is 6.10. The monoisotopic (exact) mass is 452 g/mol. The molecule has 1 aromatic carbocycles. The number of nitrogens with zero attached hydrogens (tertiary/aromatic N) is 1. The van der Waals surface area contributed by atoms with E-state index in [1.54, 1.807) is 24.3 Å². The Kier molecular flexibility index (Phi) is 9.99. The van der Waals surface area contributed by atoms with Gasteiger partial charge in [0.05, 0.1) is 12.1 Å². The van der Waals surface area contributed by atoms with Gasteiger partial charge < -0.3 is 27.4 Å². The standard InChI is InChI=1S/C21H30F2N6O3/c22-18(23)17(30)14(8-4-11-27-21(24)25)28-20(32)16(12-13-6-2-1-3-7-13)29-19(31)15-9-5-10-26-15/h1-3,6-7,14-16,18,26H,4-5,8-12H2,(H,28,32)(H,29,31)(H4,24,25,27)/t14-,15+,16-/m0/s1. The second-order valence-electron chi connectivity index (χ2n) is 7.61. The molecule has 2 rings (SSSR count). The highest BCUT2D eigenvalue weighted by Gasteiger charge is 2.32. The molecule has 1 aromatic rings. The van der Waals surface area contributed by atoms with E-state index < -0.39 is 36.2 Å². The number of ketones is 1. The lowest BCUT2D eigenvalue weighted by Gasteiger charge is -2.24. The van der Waals surface area contributed by atoms with Gasteiger partial charge in [-0.15, -0.1) is 0 Å². The normalized spacial score (nSPS) is 17.4. The summed E-state index contributed by atoms with van der Waals surface area (Å²) in [5.74, 6) is -2.61. The third-order valence-electron chi connectivity index (χ3n) is 5.11. The second kappa shape index (κ2) is 12.7. The number of Topliss-reactive ketones (excluding diaryl/α,β-unsaturated/α-hetero) is 1. The number of carbonyl (C=O) groups is 3. The topological polar surface area (TPSA) is 152 Å². The molecule has 0 unspecified atom stereocenters. The highest BCUT2D eigenvalue weighted by atomic mass is 19.3. The molecule has 0 saturated carbocycles. The van der Waals surface area contributed by atoms with Crippen molar-refractivity contribution in [2.24, 2.45) is 16.5 Å². The van der Waals surface area contributed by atoms with E-state index in [4.69, 9.17) is 11.5 Å². The highest BCUT2D eigenvalue weighted by molar-refractivity contribution is 5.94. The lowest BCUT2D eigenvalue weighted by atomic mass is 10.0. The minimum atomic E-state index is -3.24. The molecule has 7 N–H and O–H groups in total. The first kappa shape index (κ1) is 25.2. The Morgan fingerprint density at radius 2 is 1.84 bits per heavy atom. The average molecular weight is 453 g/mol. The number of rotatable bonds is 12. The summed E-state index contributed by atoms with van der Waals surface area (Å²) in [4.78, 5) is 41.3. The van der Waals surface area contributed by atoms with E-state index in [1.165, 1.54) is 0 Å². The summed E-state index contributed by atoms with van der Waals surface area (Å²) in [5.41, 5.74) is 11.2. The highest BCUT2D eigenvalue weighted by Crippen LogP contribution is 2.10. The van der Waals surface area contributed by atoms with E-state index in [0.29, 0.717) is 13.0 Å². The minimum absolute atomic E-state index is 0.0676. The Labute approximate surface area is 185 Å². The molecular formula is C21H30F2N6O3. The van der Waals surface area contributed by atoms with Crippen LogP contribution in [0.15, 0.2) is 35.3 Å². The third-order valence-corrected chi connectivity index (χ3v) is 5.11. The minimum Gasteiger partial charge on any atom is -0.370 e. The molecule has 1 aliphatic heterocycles. The summed E-state index contributed by atoms with van der Waals surface area (Å²) < 4.78 is 26.2. The van der Waals surface area contributed by atoms with E-state index in [1.807, 2.05) is 6.07 Å². The van der Waals surface area contributed by atoms with Gasteiger partial charge in [-0.2, -0.15) is 0 Å². The number of nitrogens with two attached hydrogens (primary N) is 2. The maximum atomic E-state index is 13.1. The van der Waals surface area contributed by atoms with Crippen LogP contribution in [-0.2, 0) is 20.8 Å². The Balaban J connectivity index is 2.11. The Morgan fingerprint density at radius 3 is 2.44 bits per heavy atom. The van der Waals surface area contributed by atoms with Gasteiger partial charge in [0.15, 0.2) is 5.96 Å².